The van der Waals surface area contributed by atoms with Crippen LogP contribution in [0.5, 0.6) is 5.75 Å². The highest BCUT2D eigenvalue weighted by Gasteiger charge is 2.12. The Kier molecular flexibility index (Phi) is 3.73. The maximum atomic E-state index is 12.5. The van der Waals surface area contributed by atoms with Crippen molar-refractivity contribution >= 4 is 0 Å². The second-order valence-electron chi connectivity index (χ2n) is 5.15. The number of aliphatic hydroxyl groups is 2. The van der Waals surface area contributed by atoms with Crippen molar-refractivity contribution in [3.05, 3.63) is 64.2 Å². The van der Waals surface area contributed by atoms with Crippen molar-refractivity contribution in [2.24, 2.45) is 0 Å². The first-order valence-electron chi connectivity index (χ1n) is 6.90. The zero-order valence-corrected chi connectivity index (χ0v) is 12.3. The number of aryl methyl sites for hydroxylation is 1. The van der Waals surface area contributed by atoms with E-state index in [-0.39, 0.29) is 16.9 Å². The summed E-state index contributed by atoms with van der Waals surface area (Å²) in [4.78, 5) is 16.6. The molecule has 0 spiro atoms. The molecule has 2 aromatic heterocycles. The molecule has 7 heteroatoms. The fourth-order valence-corrected chi connectivity index (χ4v) is 2.25. The average Bonchev–Trinajstić information content (AvgIpc) is 2.92. The van der Waals surface area contributed by atoms with E-state index >= 15 is 0 Å². The van der Waals surface area contributed by atoms with Gasteiger partial charge in [-0.15, -0.1) is 0 Å². The molecular formula is C16H15N3O4. The maximum absolute atomic E-state index is 12.5. The van der Waals surface area contributed by atoms with Crippen LogP contribution < -0.4 is 5.56 Å². The van der Waals surface area contributed by atoms with E-state index in [1.165, 1.54) is 29.1 Å². The molecule has 118 valence electrons. The third kappa shape index (κ3) is 2.75. The molecular weight excluding hydrogens is 298 g/mol. The third-order valence-electron chi connectivity index (χ3n) is 3.58. The van der Waals surface area contributed by atoms with Crippen molar-refractivity contribution in [3.8, 4) is 22.7 Å². The zero-order valence-electron chi connectivity index (χ0n) is 12.3. The van der Waals surface area contributed by atoms with Gasteiger partial charge in [0.25, 0.3) is 5.56 Å². The van der Waals surface area contributed by atoms with Gasteiger partial charge in [-0.1, -0.05) is 6.07 Å². The number of phenols is 1. The first kappa shape index (κ1) is 15.0. The number of hydrogen-bond donors (Lipinski definition) is 4. The molecule has 0 unspecified atom stereocenters. The van der Waals surface area contributed by atoms with Gasteiger partial charge in [-0.05, 0) is 42.3 Å². The highest BCUT2D eigenvalue weighted by Crippen LogP contribution is 2.23. The van der Waals surface area contributed by atoms with Crippen LogP contribution in [0.1, 0.15) is 17.4 Å². The molecule has 0 aliphatic heterocycles. The average molecular weight is 313 g/mol. The van der Waals surface area contributed by atoms with Crippen molar-refractivity contribution < 1.29 is 15.3 Å². The predicted molar refractivity (Wildman–Crippen MR) is 83.2 cm³/mol. The number of aromatic amines is 1. The minimum Gasteiger partial charge on any atom is -0.508 e. The summed E-state index contributed by atoms with van der Waals surface area (Å²) in [6.45, 7) is 1.75. The topological polar surface area (TPSA) is 111 Å². The summed E-state index contributed by atoms with van der Waals surface area (Å²) in [5.74, 6) is 0.505. The molecule has 0 saturated carbocycles. The van der Waals surface area contributed by atoms with Gasteiger partial charge in [-0.25, -0.2) is 9.67 Å². The Bertz CT molecular complexity index is 894. The first-order valence-corrected chi connectivity index (χ1v) is 6.90. The molecule has 7 nitrogen and oxygen atoms in total. The molecule has 3 rings (SSSR count). The lowest BCUT2D eigenvalue weighted by atomic mass is 10.1. The number of H-pyrrole nitrogens is 1. The lowest BCUT2D eigenvalue weighted by Gasteiger charge is -2.05. The van der Waals surface area contributed by atoms with E-state index in [1.54, 1.807) is 25.3 Å². The van der Waals surface area contributed by atoms with Crippen LogP contribution in [0, 0.1) is 6.92 Å². The van der Waals surface area contributed by atoms with E-state index in [0.29, 0.717) is 22.5 Å². The largest absolute Gasteiger partial charge is 0.508 e. The highest BCUT2D eigenvalue weighted by atomic mass is 16.5. The van der Waals surface area contributed by atoms with Crippen molar-refractivity contribution in [2.75, 3.05) is 0 Å². The van der Waals surface area contributed by atoms with Gasteiger partial charge in [-0.2, -0.15) is 0 Å². The summed E-state index contributed by atoms with van der Waals surface area (Å²) in [5, 5.41) is 30.5. The van der Waals surface area contributed by atoms with E-state index in [0.717, 1.165) is 0 Å². The molecule has 0 fully saturated rings. The minimum atomic E-state index is -1.60. The fraction of sp³-hybridized carbons (Fsp3) is 0.125. The molecule has 0 atom stereocenters. The molecule has 0 radical (unpaired) electrons. The number of hydrogen-bond acceptors (Lipinski definition) is 5. The van der Waals surface area contributed by atoms with E-state index < -0.39 is 6.29 Å². The lowest BCUT2D eigenvalue weighted by Crippen LogP contribution is -2.17. The number of aliphatic hydroxyl groups excluding tert-OH is 1. The number of pyridine rings is 1. The zero-order chi connectivity index (χ0) is 16.6. The Balaban J connectivity index is 2.02. The molecule has 0 aliphatic rings. The van der Waals surface area contributed by atoms with Gasteiger partial charge >= 0.3 is 0 Å². The molecule has 0 amide bonds. The summed E-state index contributed by atoms with van der Waals surface area (Å²) in [6.07, 6.45) is 1.25. The molecule has 0 bridgehead atoms. The minimum absolute atomic E-state index is 0.171. The first-order chi connectivity index (χ1) is 11.0. The molecule has 0 aliphatic carbocycles. The summed E-state index contributed by atoms with van der Waals surface area (Å²) in [5.41, 5.74) is 1.75. The monoisotopic (exact) mass is 313 g/mol. The van der Waals surface area contributed by atoms with Crippen LogP contribution in [0.25, 0.3) is 16.9 Å². The number of nitrogens with one attached hydrogen (secondary N) is 1. The van der Waals surface area contributed by atoms with Crippen molar-refractivity contribution in [3.63, 3.8) is 0 Å². The summed E-state index contributed by atoms with van der Waals surface area (Å²) < 4.78 is 1.26. The van der Waals surface area contributed by atoms with Crippen LogP contribution in [-0.2, 0) is 0 Å². The Morgan fingerprint density at radius 2 is 2.00 bits per heavy atom. The van der Waals surface area contributed by atoms with Crippen molar-refractivity contribution in [2.45, 2.75) is 13.2 Å². The molecule has 23 heavy (non-hydrogen) atoms. The Morgan fingerprint density at radius 1 is 1.22 bits per heavy atom. The molecule has 4 N–H and O–H groups in total. The van der Waals surface area contributed by atoms with Gasteiger partial charge in [0, 0.05) is 18.0 Å². The molecule has 1 aromatic carbocycles. The fourth-order valence-electron chi connectivity index (χ4n) is 2.25. The van der Waals surface area contributed by atoms with Crippen molar-refractivity contribution in [1.82, 2.24) is 14.8 Å². The van der Waals surface area contributed by atoms with Gasteiger partial charge in [-0.3, -0.25) is 9.89 Å². The van der Waals surface area contributed by atoms with Crippen LogP contribution in [0.4, 0.5) is 0 Å². The van der Waals surface area contributed by atoms with E-state index in [1.807, 2.05) is 0 Å². The second kappa shape index (κ2) is 5.71. The third-order valence-corrected chi connectivity index (χ3v) is 3.58. The predicted octanol–water partition coefficient (Wildman–Crippen LogP) is 1.22. The quantitative estimate of drug-likeness (QED) is 0.543. The maximum Gasteiger partial charge on any atom is 0.280 e. The second-order valence-corrected chi connectivity index (χ2v) is 5.15. The number of nitrogens with zero attached hydrogens (tertiary/aromatic N) is 2. The van der Waals surface area contributed by atoms with E-state index in [9.17, 15) is 9.90 Å². The standard InChI is InChI=1S/C16H15N3O4/c1-9-6-10(2-4-13(9)20)12-8-18-19(15(12)21)14-5-3-11(7-17-14)16(22)23/h2-8,16,18,20,22-23H,1H3. The summed E-state index contributed by atoms with van der Waals surface area (Å²) in [7, 11) is 0. The van der Waals surface area contributed by atoms with Crippen LogP contribution in [0.3, 0.4) is 0 Å². The van der Waals surface area contributed by atoms with Crippen LogP contribution in [-0.4, -0.2) is 30.1 Å². The number of aromatic hydroxyl groups is 1. The summed E-state index contributed by atoms with van der Waals surface area (Å²) in [6, 6.07) is 7.92. The van der Waals surface area contributed by atoms with Gasteiger partial charge < -0.3 is 15.3 Å². The van der Waals surface area contributed by atoms with Crippen LogP contribution in [0.15, 0.2) is 47.5 Å². The SMILES string of the molecule is Cc1cc(-c2c[nH]n(-c3ccc(C(O)O)cn3)c2=O)ccc1O. The van der Waals surface area contributed by atoms with Gasteiger partial charge in [0.15, 0.2) is 12.1 Å². The van der Waals surface area contributed by atoms with Crippen molar-refractivity contribution in [1.29, 1.82) is 0 Å². The van der Waals surface area contributed by atoms with Gasteiger partial charge in [0.1, 0.15) is 5.75 Å². The van der Waals surface area contributed by atoms with Crippen LogP contribution >= 0.6 is 0 Å². The Hall–Kier alpha value is -2.90. The number of aromatic nitrogens is 3. The Morgan fingerprint density at radius 3 is 2.61 bits per heavy atom. The summed E-state index contributed by atoms with van der Waals surface area (Å²) >= 11 is 0. The Labute approximate surface area is 131 Å². The normalized spacial score (nSPS) is 11.1. The molecule has 2 heterocycles. The number of benzene rings is 1. The van der Waals surface area contributed by atoms with Gasteiger partial charge in [0.2, 0.25) is 0 Å². The smallest absolute Gasteiger partial charge is 0.280 e. The van der Waals surface area contributed by atoms with Gasteiger partial charge in [0.05, 0.1) is 5.56 Å². The molecule has 3 aromatic rings. The number of phenolic OH excluding ortho intramolecular Hbond substituents is 1. The lowest BCUT2D eigenvalue weighted by molar-refractivity contribution is -0.0427. The van der Waals surface area contributed by atoms with E-state index in [2.05, 4.69) is 10.1 Å². The molecule has 0 saturated heterocycles. The number of rotatable bonds is 3. The van der Waals surface area contributed by atoms with Crippen LogP contribution in [0.2, 0.25) is 0 Å². The van der Waals surface area contributed by atoms with E-state index in [4.69, 9.17) is 10.2 Å². The highest BCUT2D eigenvalue weighted by molar-refractivity contribution is 5.64.